The topological polar surface area (TPSA) is 106 Å². The highest BCUT2D eigenvalue weighted by atomic mass is 16.1. The average Bonchev–Trinajstić information content (AvgIpc) is 3.22. The highest BCUT2D eigenvalue weighted by Crippen LogP contribution is 2.23. The quantitative estimate of drug-likeness (QED) is 0.520. The second kappa shape index (κ2) is 10.6. The van der Waals surface area contributed by atoms with Gasteiger partial charge in [-0.1, -0.05) is 38.1 Å². The number of carbonyl (C=O) groups is 2. The van der Waals surface area contributed by atoms with Crippen LogP contribution in [0.4, 0.5) is 0 Å². The lowest BCUT2D eigenvalue weighted by molar-refractivity contribution is -0.121. The van der Waals surface area contributed by atoms with Crippen LogP contribution in [0.15, 0.2) is 30.5 Å². The third kappa shape index (κ3) is 5.88. The number of amides is 2. The molecule has 1 aliphatic heterocycles. The predicted octanol–water partition coefficient (Wildman–Crippen LogP) is 3.17. The average molecular weight is 477 g/mol. The molecule has 1 fully saturated rings. The summed E-state index contributed by atoms with van der Waals surface area (Å²) >= 11 is 0. The largest absolute Gasteiger partial charge is 0.365 e. The van der Waals surface area contributed by atoms with E-state index in [2.05, 4.69) is 58.4 Å². The molecule has 1 saturated heterocycles. The Kier molecular flexibility index (Phi) is 7.50. The summed E-state index contributed by atoms with van der Waals surface area (Å²) in [5.41, 5.74) is 11.2. The number of likely N-dealkylation sites (tertiary alicyclic amines) is 1. The summed E-state index contributed by atoms with van der Waals surface area (Å²) in [7, 11) is 0. The number of aromatic nitrogens is 3. The van der Waals surface area contributed by atoms with E-state index in [9.17, 15) is 9.59 Å². The second-order valence-corrected chi connectivity index (χ2v) is 10.2. The highest BCUT2D eigenvalue weighted by Gasteiger charge is 2.21. The summed E-state index contributed by atoms with van der Waals surface area (Å²) in [6, 6.07) is 8.55. The van der Waals surface area contributed by atoms with Crippen LogP contribution in [0.5, 0.6) is 0 Å². The van der Waals surface area contributed by atoms with Crippen molar-refractivity contribution in [2.24, 2.45) is 17.6 Å². The van der Waals surface area contributed by atoms with E-state index in [4.69, 9.17) is 5.73 Å². The van der Waals surface area contributed by atoms with Crippen LogP contribution in [0.25, 0.3) is 5.65 Å². The number of carbonyl (C=O) groups excluding carboxylic acids is 2. The first-order valence-electron chi connectivity index (χ1n) is 12.4. The van der Waals surface area contributed by atoms with Crippen LogP contribution in [-0.4, -0.2) is 44.4 Å². The van der Waals surface area contributed by atoms with Gasteiger partial charge in [-0.3, -0.25) is 14.5 Å². The van der Waals surface area contributed by atoms with Crippen molar-refractivity contribution in [3.05, 3.63) is 64.1 Å². The molecule has 35 heavy (non-hydrogen) atoms. The van der Waals surface area contributed by atoms with Gasteiger partial charge in [0.05, 0.1) is 6.20 Å². The van der Waals surface area contributed by atoms with Gasteiger partial charge in [-0.05, 0) is 55.2 Å². The van der Waals surface area contributed by atoms with Crippen LogP contribution in [0.1, 0.15) is 65.1 Å². The second-order valence-electron chi connectivity index (χ2n) is 10.2. The molecule has 1 aliphatic rings. The van der Waals surface area contributed by atoms with E-state index >= 15 is 0 Å². The Morgan fingerprint density at radius 2 is 1.74 bits per heavy atom. The monoisotopic (exact) mass is 476 g/mol. The molecule has 0 aliphatic carbocycles. The van der Waals surface area contributed by atoms with Gasteiger partial charge in [0.25, 0.3) is 5.91 Å². The van der Waals surface area contributed by atoms with E-state index in [0.717, 1.165) is 54.0 Å². The lowest BCUT2D eigenvalue weighted by atomic mass is 9.91. The number of nitrogens with zero attached hydrogens (tertiary/aromatic N) is 4. The minimum atomic E-state index is -0.554. The zero-order valence-corrected chi connectivity index (χ0v) is 21.2. The SMILES string of the molecule is Cc1nc2c(C(N)=O)cnn2c(C)c1CCC(=O)NCc1ccc(CN2CC(C)CC(C)C2)cc1. The number of aryl methyl sites for hydroxylation is 2. The van der Waals surface area contributed by atoms with Gasteiger partial charge in [0, 0.05) is 44.0 Å². The van der Waals surface area contributed by atoms with E-state index < -0.39 is 5.91 Å². The maximum Gasteiger partial charge on any atom is 0.254 e. The molecule has 2 atom stereocenters. The smallest absolute Gasteiger partial charge is 0.254 e. The molecule has 3 N–H and O–H groups in total. The van der Waals surface area contributed by atoms with Crippen LogP contribution in [-0.2, 0) is 24.3 Å². The Bertz CT molecular complexity index is 1210. The van der Waals surface area contributed by atoms with Gasteiger partial charge in [0.15, 0.2) is 5.65 Å². The maximum absolute atomic E-state index is 12.5. The normalized spacial score (nSPS) is 18.6. The molecule has 8 nitrogen and oxygen atoms in total. The number of piperidine rings is 1. The van der Waals surface area contributed by atoms with Gasteiger partial charge in [-0.15, -0.1) is 0 Å². The summed E-state index contributed by atoms with van der Waals surface area (Å²) in [6.45, 7) is 12.3. The highest BCUT2D eigenvalue weighted by molar-refractivity contribution is 5.98. The Morgan fingerprint density at radius 1 is 1.09 bits per heavy atom. The van der Waals surface area contributed by atoms with Crippen molar-refractivity contribution in [2.75, 3.05) is 13.1 Å². The number of hydrogen-bond donors (Lipinski definition) is 2. The molecule has 0 saturated carbocycles. The van der Waals surface area contributed by atoms with E-state index in [-0.39, 0.29) is 5.91 Å². The first kappa shape index (κ1) is 24.9. The Labute approximate surface area is 206 Å². The van der Waals surface area contributed by atoms with E-state index in [1.54, 1.807) is 4.52 Å². The molecule has 186 valence electrons. The van der Waals surface area contributed by atoms with Crippen LogP contribution in [0.2, 0.25) is 0 Å². The predicted molar refractivity (Wildman–Crippen MR) is 136 cm³/mol. The number of fused-ring (bicyclic) bond motifs is 1. The van der Waals surface area contributed by atoms with Crippen molar-refractivity contribution < 1.29 is 9.59 Å². The van der Waals surface area contributed by atoms with Gasteiger partial charge in [0.1, 0.15) is 5.56 Å². The summed E-state index contributed by atoms with van der Waals surface area (Å²) < 4.78 is 1.62. The molecule has 3 aromatic rings. The fraction of sp³-hybridized carbons (Fsp3) is 0.481. The third-order valence-electron chi connectivity index (χ3n) is 6.94. The summed E-state index contributed by atoms with van der Waals surface area (Å²) in [6.07, 6.45) is 3.65. The molecule has 0 spiro atoms. The third-order valence-corrected chi connectivity index (χ3v) is 6.94. The molecular weight excluding hydrogens is 440 g/mol. The summed E-state index contributed by atoms with van der Waals surface area (Å²) in [5.74, 6) is 0.945. The molecule has 2 amide bonds. The van der Waals surface area contributed by atoms with Crippen molar-refractivity contribution in [1.82, 2.24) is 24.8 Å². The van der Waals surface area contributed by atoms with E-state index in [1.807, 2.05) is 13.8 Å². The maximum atomic E-state index is 12.5. The molecule has 8 heteroatoms. The van der Waals surface area contributed by atoms with E-state index in [1.165, 1.54) is 18.2 Å². The number of benzene rings is 1. The van der Waals surface area contributed by atoms with Gasteiger partial charge in [-0.25, -0.2) is 9.50 Å². The van der Waals surface area contributed by atoms with Crippen molar-refractivity contribution in [2.45, 2.75) is 60.0 Å². The minimum absolute atomic E-state index is 0.0115. The van der Waals surface area contributed by atoms with Crippen molar-refractivity contribution >= 4 is 17.5 Å². The molecule has 0 bridgehead atoms. The number of nitrogens with one attached hydrogen (secondary N) is 1. The fourth-order valence-corrected chi connectivity index (χ4v) is 5.32. The van der Waals surface area contributed by atoms with E-state index in [0.29, 0.717) is 30.6 Å². The van der Waals surface area contributed by atoms with Crippen molar-refractivity contribution in [3.8, 4) is 0 Å². The number of primary amides is 1. The standard InChI is InChI=1S/C27H36N6O2/c1-17-11-18(2)15-32(14-17)16-22-7-5-21(6-8-22)12-29-25(34)10-9-23-19(3)31-27-24(26(28)35)13-30-33(27)20(23)4/h5-8,13,17-18H,9-12,14-16H2,1-4H3,(H2,28,35)(H,29,34). The molecule has 1 aromatic carbocycles. The van der Waals surface area contributed by atoms with Crippen molar-refractivity contribution in [1.29, 1.82) is 0 Å². The van der Waals surface area contributed by atoms with Crippen LogP contribution in [0, 0.1) is 25.7 Å². The zero-order valence-electron chi connectivity index (χ0n) is 21.2. The zero-order chi connectivity index (χ0) is 25.1. The molecule has 2 unspecified atom stereocenters. The lowest BCUT2D eigenvalue weighted by Gasteiger charge is -2.35. The molecule has 4 rings (SSSR count). The fourth-order valence-electron chi connectivity index (χ4n) is 5.32. The van der Waals surface area contributed by atoms with Crippen LogP contribution < -0.4 is 11.1 Å². The Hall–Kier alpha value is -3.26. The van der Waals surface area contributed by atoms with Crippen LogP contribution in [0.3, 0.4) is 0 Å². The molecule has 2 aromatic heterocycles. The summed E-state index contributed by atoms with van der Waals surface area (Å²) in [4.78, 5) is 31.2. The summed E-state index contributed by atoms with van der Waals surface area (Å²) in [5, 5.41) is 7.27. The molecular formula is C27H36N6O2. The number of hydrogen-bond acceptors (Lipinski definition) is 5. The Morgan fingerprint density at radius 3 is 2.40 bits per heavy atom. The van der Waals surface area contributed by atoms with Gasteiger partial charge in [-0.2, -0.15) is 5.10 Å². The molecule has 3 heterocycles. The number of rotatable bonds is 8. The van der Waals surface area contributed by atoms with Gasteiger partial charge >= 0.3 is 0 Å². The Balaban J connectivity index is 1.29. The van der Waals surface area contributed by atoms with Gasteiger partial charge in [0.2, 0.25) is 5.91 Å². The first-order valence-corrected chi connectivity index (χ1v) is 12.4. The first-order chi connectivity index (χ1) is 16.7. The minimum Gasteiger partial charge on any atom is -0.365 e. The lowest BCUT2D eigenvalue weighted by Crippen LogP contribution is -2.38. The van der Waals surface area contributed by atoms with Crippen LogP contribution >= 0.6 is 0 Å². The number of nitrogens with two attached hydrogens (primary N) is 1. The van der Waals surface area contributed by atoms with Crippen molar-refractivity contribution in [3.63, 3.8) is 0 Å². The van der Waals surface area contributed by atoms with Gasteiger partial charge < -0.3 is 11.1 Å². The molecule has 0 radical (unpaired) electrons.